The minimum Gasteiger partial charge on any atom is -0.385 e. The molecule has 14 heavy (non-hydrogen) atoms. The number of halogens is 1. The maximum Gasteiger partial charge on any atom is 0.0474 e. The second kappa shape index (κ2) is 6.82. The van der Waals surface area contributed by atoms with Crippen molar-refractivity contribution < 1.29 is 4.74 Å². The number of benzene rings is 1. The Morgan fingerprint density at radius 3 is 2.64 bits per heavy atom. The monoisotopic (exact) mass is 213 g/mol. The third kappa shape index (κ3) is 4.61. The fourth-order valence-electron chi connectivity index (χ4n) is 1.18. The summed E-state index contributed by atoms with van der Waals surface area (Å²) in [6.07, 6.45) is 1.05. The van der Waals surface area contributed by atoms with Crippen LogP contribution >= 0.6 is 11.6 Å². The Morgan fingerprint density at radius 2 is 2.00 bits per heavy atom. The first-order valence-electron chi connectivity index (χ1n) is 4.77. The average molecular weight is 214 g/mol. The summed E-state index contributed by atoms with van der Waals surface area (Å²) in [4.78, 5) is 0. The molecule has 3 heteroatoms. The second-order valence-electron chi connectivity index (χ2n) is 3.15. The lowest BCUT2D eigenvalue weighted by Crippen LogP contribution is -2.15. The van der Waals surface area contributed by atoms with E-state index in [4.69, 9.17) is 16.3 Å². The highest BCUT2D eigenvalue weighted by Gasteiger charge is 1.92. The van der Waals surface area contributed by atoms with Gasteiger partial charge in [-0.05, 0) is 30.7 Å². The zero-order valence-electron chi connectivity index (χ0n) is 8.42. The minimum atomic E-state index is 0.785. The first kappa shape index (κ1) is 11.5. The summed E-state index contributed by atoms with van der Waals surface area (Å²) in [5.41, 5.74) is 1.26. The fourth-order valence-corrected chi connectivity index (χ4v) is 1.30. The molecule has 0 amide bonds. The lowest BCUT2D eigenvalue weighted by Gasteiger charge is -2.04. The van der Waals surface area contributed by atoms with Crippen molar-refractivity contribution in [3.8, 4) is 0 Å². The van der Waals surface area contributed by atoms with Crippen LogP contribution < -0.4 is 5.32 Å². The van der Waals surface area contributed by atoms with Crippen LogP contribution in [0.25, 0.3) is 0 Å². The van der Waals surface area contributed by atoms with Gasteiger partial charge in [0.15, 0.2) is 0 Å². The number of hydrogen-bond donors (Lipinski definition) is 1. The van der Waals surface area contributed by atoms with Crippen molar-refractivity contribution in [2.24, 2.45) is 0 Å². The highest BCUT2D eigenvalue weighted by molar-refractivity contribution is 6.30. The third-order valence-corrected chi connectivity index (χ3v) is 2.20. The van der Waals surface area contributed by atoms with E-state index in [9.17, 15) is 0 Å². The topological polar surface area (TPSA) is 21.3 Å². The van der Waals surface area contributed by atoms with Crippen molar-refractivity contribution in [3.63, 3.8) is 0 Å². The third-order valence-electron chi connectivity index (χ3n) is 1.94. The van der Waals surface area contributed by atoms with E-state index in [0.29, 0.717) is 0 Å². The van der Waals surface area contributed by atoms with Gasteiger partial charge in [0.05, 0.1) is 0 Å². The van der Waals surface area contributed by atoms with Gasteiger partial charge in [-0.2, -0.15) is 0 Å². The highest BCUT2D eigenvalue weighted by Crippen LogP contribution is 2.08. The number of ether oxygens (including phenoxy) is 1. The quantitative estimate of drug-likeness (QED) is 0.734. The maximum absolute atomic E-state index is 5.78. The Hall–Kier alpha value is -0.570. The molecular formula is C11H16ClNO. The van der Waals surface area contributed by atoms with Crippen LogP contribution in [0.5, 0.6) is 0 Å². The van der Waals surface area contributed by atoms with Crippen LogP contribution in [0.3, 0.4) is 0 Å². The molecule has 0 atom stereocenters. The molecule has 0 aliphatic rings. The van der Waals surface area contributed by atoms with Gasteiger partial charge in [-0.1, -0.05) is 23.7 Å². The van der Waals surface area contributed by atoms with Crippen LogP contribution in [-0.2, 0) is 11.3 Å². The van der Waals surface area contributed by atoms with Crippen molar-refractivity contribution in [3.05, 3.63) is 34.9 Å². The van der Waals surface area contributed by atoms with Crippen LogP contribution in [0.1, 0.15) is 12.0 Å². The molecular weight excluding hydrogens is 198 g/mol. The molecule has 78 valence electrons. The average Bonchev–Trinajstić information content (AvgIpc) is 2.21. The predicted molar refractivity (Wildman–Crippen MR) is 59.7 cm³/mol. The SMILES string of the molecule is COCCCNCc1ccc(Cl)cc1. The molecule has 0 aliphatic carbocycles. The van der Waals surface area contributed by atoms with E-state index in [1.54, 1.807) is 7.11 Å². The van der Waals surface area contributed by atoms with Crippen LogP contribution in [0.2, 0.25) is 5.02 Å². The lowest BCUT2D eigenvalue weighted by atomic mass is 10.2. The largest absolute Gasteiger partial charge is 0.385 e. The van der Waals surface area contributed by atoms with Crippen molar-refractivity contribution in [1.82, 2.24) is 5.32 Å². The van der Waals surface area contributed by atoms with Crippen molar-refractivity contribution in [2.75, 3.05) is 20.3 Å². The lowest BCUT2D eigenvalue weighted by molar-refractivity contribution is 0.194. The molecule has 0 radical (unpaired) electrons. The molecule has 0 bridgehead atoms. The summed E-state index contributed by atoms with van der Waals surface area (Å²) >= 11 is 5.78. The summed E-state index contributed by atoms with van der Waals surface area (Å²) in [6.45, 7) is 2.69. The highest BCUT2D eigenvalue weighted by atomic mass is 35.5. The Morgan fingerprint density at radius 1 is 1.29 bits per heavy atom. The summed E-state index contributed by atoms with van der Waals surface area (Å²) < 4.78 is 4.95. The van der Waals surface area contributed by atoms with E-state index in [2.05, 4.69) is 5.32 Å². The van der Waals surface area contributed by atoms with E-state index in [1.165, 1.54) is 5.56 Å². The van der Waals surface area contributed by atoms with Crippen molar-refractivity contribution in [1.29, 1.82) is 0 Å². The first-order chi connectivity index (χ1) is 6.83. The van der Waals surface area contributed by atoms with Gasteiger partial charge >= 0.3 is 0 Å². The van der Waals surface area contributed by atoms with Gasteiger partial charge in [0.2, 0.25) is 0 Å². The zero-order chi connectivity index (χ0) is 10.2. The van der Waals surface area contributed by atoms with Gasteiger partial charge in [0, 0.05) is 25.3 Å². The normalized spacial score (nSPS) is 10.4. The molecule has 0 unspecified atom stereocenters. The second-order valence-corrected chi connectivity index (χ2v) is 3.59. The van der Waals surface area contributed by atoms with Gasteiger partial charge in [-0.3, -0.25) is 0 Å². The van der Waals surface area contributed by atoms with Crippen molar-refractivity contribution >= 4 is 11.6 Å². The predicted octanol–water partition coefficient (Wildman–Crippen LogP) is 2.47. The summed E-state index contributed by atoms with van der Waals surface area (Å²) in [5, 5.41) is 4.12. The van der Waals surface area contributed by atoms with E-state index in [1.807, 2.05) is 24.3 Å². The number of nitrogens with one attached hydrogen (secondary N) is 1. The standard InChI is InChI=1S/C11H16ClNO/c1-14-8-2-7-13-9-10-3-5-11(12)6-4-10/h3-6,13H,2,7-9H2,1H3. The summed E-state index contributed by atoms with van der Waals surface area (Å²) in [6, 6.07) is 7.89. The molecule has 1 aromatic rings. The van der Waals surface area contributed by atoms with Crippen LogP contribution in [0.15, 0.2) is 24.3 Å². The maximum atomic E-state index is 5.78. The Bertz CT molecular complexity index is 248. The Labute approximate surface area is 90.2 Å². The fraction of sp³-hybridized carbons (Fsp3) is 0.455. The van der Waals surface area contributed by atoms with Crippen LogP contribution in [0.4, 0.5) is 0 Å². The number of rotatable bonds is 6. The molecule has 1 N–H and O–H groups in total. The molecule has 0 spiro atoms. The molecule has 0 saturated heterocycles. The van der Waals surface area contributed by atoms with Gasteiger partial charge in [0.1, 0.15) is 0 Å². The summed E-state index contributed by atoms with van der Waals surface area (Å²) in [7, 11) is 1.72. The molecule has 2 nitrogen and oxygen atoms in total. The van der Waals surface area contributed by atoms with Gasteiger partial charge < -0.3 is 10.1 Å². The van der Waals surface area contributed by atoms with Gasteiger partial charge in [-0.15, -0.1) is 0 Å². The molecule has 1 rings (SSSR count). The molecule has 0 saturated carbocycles. The van der Waals surface area contributed by atoms with Crippen LogP contribution in [0, 0.1) is 0 Å². The van der Waals surface area contributed by atoms with Gasteiger partial charge in [-0.25, -0.2) is 0 Å². The zero-order valence-corrected chi connectivity index (χ0v) is 9.18. The Balaban J connectivity index is 2.15. The van der Waals surface area contributed by atoms with E-state index >= 15 is 0 Å². The van der Waals surface area contributed by atoms with Gasteiger partial charge in [0.25, 0.3) is 0 Å². The number of methoxy groups -OCH3 is 1. The molecule has 0 heterocycles. The van der Waals surface area contributed by atoms with E-state index in [-0.39, 0.29) is 0 Å². The van der Waals surface area contributed by atoms with Crippen molar-refractivity contribution in [2.45, 2.75) is 13.0 Å². The molecule has 0 aliphatic heterocycles. The molecule has 0 aromatic heterocycles. The number of hydrogen-bond acceptors (Lipinski definition) is 2. The first-order valence-corrected chi connectivity index (χ1v) is 5.15. The minimum absolute atomic E-state index is 0.785. The summed E-state index contributed by atoms with van der Waals surface area (Å²) in [5.74, 6) is 0. The van der Waals surface area contributed by atoms with E-state index < -0.39 is 0 Å². The smallest absolute Gasteiger partial charge is 0.0474 e. The molecule has 0 fully saturated rings. The Kier molecular flexibility index (Phi) is 5.60. The van der Waals surface area contributed by atoms with E-state index in [0.717, 1.165) is 31.1 Å². The molecule has 1 aromatic carbocycles. The van der Waals surface area contributed by atoms with Crippen LogP contribution in [-0.4, -0.2) is 20.3 Å².